The summed E-state index contributed by atoms with van der Waals surface area (Å²) in [6.45, 7) is 0.819. The number of nitrogens with two attached hydrogens (primary N) is 1. The Labute approximate surface area is 156 Å². The van der Waals surface area contributed by atoms with Gasteiger partial charge >= 0.3 is 5.97 Å². The number of ether oxygens (including phenoxy) is 2. The van der Waals surface area contributed by atoms with Gasteiger partial charge in [0.2, 0.25) is 5.88 Å². The normalized spacial score (nSPS) is 19.6. The number of carboxylic acids is 1. The van der Waals surface area contributed by atoms with Crippen LogP contribution in [0.4, 0.5) is 0 Å². The number of carboxylic acid groups (broad SMARTS) is 1. The Morgan fingerprint density at radius 3 is 2.85 bits per heavy atom. The smallest absolute Gasteiger partial charge is 0.335 e. The first kappa shape index (κ1) is 17.6. The first-order chi connectivity index (χ1) is 13.1. The van der Waals surface area contributed by atoms with Crippen LogP contribution in [-0.2, 0) is 4.74 Å². The summed E-state index contributed by atoms with van der Waals surface area (Å²) in [4.78, 5) is 20.0. The lowest BCUT2D eigenvalue weighted by Crippen LogP contribution is -2.19. The second-order valence-corrected chi connectivity index (χ2v) is 6.79. The molecule has 1 fully saturated rings. The van der Waals surface area contributed by atoms with E-state index in [2.05, 4.69) is 9.97 Å². The molecule has 2 unspecified atom stereocenters. The molecule has 3 N–H and O–H groups in total. The van der Waals surface area contributed by atoms with Crippen molar-refractivity contribution in [2.75, 3.05) is 13.2 Å². The van der Waals surface area contributed by atoms with Crippen molar-refractivity contribution in [3.63, 3.8) is 0 Å². The van der Waals surface area contributed by atoms with Crippen molar-refractivity contribution in [3.05, 3.63) is 42.2 Å². The summed E-state index contributed by atoms with van der Waals surface area (Å²) in [5, 5.41) is 11.8. The molecule has 0 spiro atoms. The van der Waals surface area contributed by atoms with E-state index in [0.717, 1.165) is 35.4 Å². The third-order valence-electron chi connectivity index (χ3n) is 4.91. The first-order valence-electron chi connectivity index (χ1n) is 9.02. The highest BCUT2D eigenvalue weighted by Crippen LogP contribution is 2.30. The summed E-state index contributed by atoms with van der Waals surface area (Å²) in [7, 11) is 0. The molecule has 1 saturated carbocycles. The van der Waals surface area contributed by atoms with Gasteiger partial charge in [-0.25, -0.2) is 9.78 Å². The van der Waals surface area contributed by atoms with Gasteiger partial charge in [0.1, 0.15) is 6.61 Å². The first-order valence-corrected chi connectivity index (χ1v) is 9.02. The van der Waals surface area contributed by atoms with Crippen molar-refractivity contribution >= 4 is 27.6 Å². The molecule has 7 nitrogen and oxygen atoms in total. The fraction of sp³-hybridized carbons (Fsp3) is 0.350. The van der Waals surface area contributed by atoms with Crippen molar-refractivity contribution in [1.29, 1.82) is 0 Å². The van der Waals surface area contributed by atoms with Gasteiger partial charge in [-0.2, -0.15) is 0 Å². The predicted molar refractivity (Wildman–Crippen MR) is 101 cm³/mol. The average molecular weight is 367 g/mol. The third-order valence-corrected chi connectivity index (χ3v) is 4.91. The summed E-state index contributed by atoms with van der Waals surface area (Å²) in [6, 6.07) is 6.95. The van der Waals surface area contributed by atoms with E-state index < -0.39 is 5.97 Å². The molecule has 4 rings (SSSR count). The van der Waals surface area contributed by atoms with E-state index in [1.54, 1.807) is 30.6 Å². The molecule has 0 radical (unpaired) electrons. The summed E-state index contributed by atoms with van der Waals surface area (Å²) >= 11 is 0. The van der Waals surface area contributed by atoms with Gasteiger partial charge in [0.25, 0.3) is 0 Å². The van der Waals surface area contributed by atoms with Crippen molar-refractivity contribution in [1.82, 2.24) is 9.97 Å². The van der Waals surface area contributed by atoms with Crippen LogP contribution in [0, 0.1) is 0 Å². The molecule has 140 valence electrons. The lowest BCUT2D eigenvalue weighted by atomic mass is 10.1. The average Bonchev–Trinajstić information content (AvgIpc) is 3.09. The molecular formula is C20H21N3O4. The lowest BCUT2D eigenvalue weighted by Gasteiger charge is -2.14. The number of hydrogen-bond acceptors (Lipinski definition) is 6. The van der Waals surface area contributed by atoms with Gasteiger partial charge in [-0.15, -0.1) is 0 Å². The summed E-state index contributed by atoms with van der Waals surface area (Å²) in [6.07, 6.45) is 6.50. The minimum atomic E-state index is -0.990. The fourth-order valence-electron chi connectivity index (χ4n) is 3.54. The number of fused-ring (bicyclic) bond motifs is 3. The molecule has 2 heterocycles. The summed E-state index contributed by atoms with van der Waals surface area (Å²) in [5.41, 5.74) is 6.65. The standard InChI is InChI=1S/C20H21N3O4/c21-13-2-3-14(10-13)26-7-8-27-19-16-5-6-22-11-17(16)15-4-1-12(20(24)25)9-18(15)23-19/h1,4-6,9,11,13-14H,2-3,7-8,10,21H2,(H,24,25). The number of benzene rings is 1. The van der Waals surface area contributed by atoms with Gasteiger partial charge in [-0.05, 0) is 37.5 Å². The van der Waals surface area contributed by atoms with E-state index in [-0.39, 0.29) is 17.7 Å². The van der Waals surface area contributed by atoms with Gasteiger partial charge in [-0.1, -0.05) is 6.07 Å². The Morgan fingerprint density at radius 2 is 2.07 bits per heavy atom. The number of hydrogen-bond donors (Lipinski definition) is 2. The highest BCUT2D eigenvalue weighted by Gasteiger charge is 2.22. The molecule has 0 bridgehead atoms. The third kappa shape index (κ3) is 3.70. The molecular weight excluding hydrogens is 346 g/mol. The van der Waals surface area contributed by atoms with Crippen LogP contribution in [0.1, 0.15) is 29.6 Å². The minimum Gasteiger partial charge on any atom is -0.478 e. The van der Waals surface area contributed by atoms with E-state index in [1.807, 2.05) is 6.07 Å². The van der Waals surface area contributed by atoms with Crippen molar-refractivity contribution < 1.29 is 19.4 Å². The molecule has 1 aliphatic rings. The number of carbonyl (C=O) groups is 1. The zero-order chi connectivity index (χ0) is 18.8. The van der Waals surface area contributed by atoms with Crippen LogP contribution in [0.3, 0.4) is 0 Å². The van der Waals surface area contributed by atoms with E-state index in [0.29, 0.717) is 24.6 Å². The summed E-state index contributed by atoms with van der Waals surface area (Å²) in [5.74, 6) is -0.537. The van der Waals surface area contributed by atoms with Gasteiger partial charge in [0.05, 0.1) is 23.8 Å². The fourth-order valence-corrected chi connectivity index (χ4v) is 3.54. The number of pyridine rings is 2. The molecule has 3 aromatic rings. The Hall–Kier alpha value is -2.77. The Bertz CT molecular complexity index is 992. The topological polar surface area (TPSA) is 108 Å². The second-order valence-electron chi connectivity index (χ2n) is 6.79. The minimum absolute atomic E-state index is 0.185. The monoisotopic (exact) mass is 367 g/mol. The zero-order valence-electron chi connectivity index (χ0n) is 14.8. The van der Waals surface area contributed by atoms with E-state index >= 15 is 0 Å². The van der Waals surface area contributed by atoms with Gasteiger partial charge in [0.15, 0.2) is 0 Å². The molecule has 27 heavy (non-hydrogen) atoms. The Morgan fingerprint density at radius 1 is 1.19 bits per heavy atom. The maximum Gasteiger partial charge on any atom is 0.335 e. The predicted octanol–water partition coefficient (Wildman–Crippen LogP) is 2.76. The van der Waals surface area contributed by atoms with E-state index in [1.165, 1.54) is 0 Å². The Balaban J connectivity index is 1.57. The largest absolute Gasteiger partial charge is 0.478 e. The quantitative estimate of drug-likeness (QED) is 0.509. The van der Waals surface area contributed by atoms with Crippen LogP contribution >= 0.6 is 0 Å². The molecule has 0 saturated heterocycles. The highest BCUT2D eigenvalue weighted by atomic mass is 16.5. The van der Waals surface area contributed by atoms with Crippen LogP contribution in [0.25, 0.3) is 21.7 Å². The number of nitrogens with zero attached hydrogens (tertiary/aromatic N) is 2. The molecule has 0 amide bonds. The molecule has 7 heteroatoms. The van der Waals surface area contributed by atoms with Crippen molar-refractivity contribution in [2.24, 2.45) is 5.73 Å². The SMILES string of the molecule is NC1CCC(OCCOc2nc3cc(C(=O)O)ccc3c3cnccc23)C1. The van der Waals surface area contributed by atoms with Crippen LogP contribution < -0.4 is 10.5 Å². The molecule has 1 aliphatic carbocycles. The number of aromatic carboxylic acids is 1. The lowest BCUT2D eigenvalue weighted by molar-refractivity contribution is 0.0370. The zero-order valence-corrected chi connectivity index (χ0v) is 14.8. The van der Waals surface area contributed by atoms with Crippen LogP contribution in [0.15, 0.2) is 36.7 Å². The number of aromatic nitrogens is 2. The van der Waals surface area contributed by atoms with Crippen LogP contribution in [0.5, 0.6) is 5.88 Å². The Kier molecular flexibility index (Phi) is 4.87. The van der Waals surface area contributed by atoms with Gasteiger partial charge in [0, 0.05) is 34.6 Å². The molecule has 1 aromatic carbocycles. The molecule has 2 atom stereocenters. The van der Waals surface area contributed by atoms with Gasteiger partial charge in [-0.3, -0.25) is 4.98 Å². The second kappa shape index (κ2) is 7.46. The maximum atomic E-state index is 11.3. The van der Waals surface area contributed by atoms with Crippen molar-refractivity contribution in [3.8, 4) is 5.88 Å². The van der Waals surface area contributed by atoms with E-state index in [4.69, 9.17) is 15.2 Å². The van der Waals surface area contributed by atoms with E-state index in [9.17, 15) is 9.90 Å². The van der Waals surface area contributed by atoms with Crippen LogP contribution in [-0.4, -0.2) is 46.4 Å². The molecule has 2 aromatic heterocycles. The van der Waals surface area contributed by atoms with Crippen molar-refractivity contribution in [2.45, 2.75) is 31.4 Å². The maximum absolute atomic E-state index is 11.3. The van der Waals surface area contributed by atoms with Crippen LogP contribution in [0.2, 0.25) is 0 Å². The highest BCUT2D eigenvalue weighted by molar-refractivity contribution is 6.08. The molecule has 0 aliphatic heterocycles. The summed E-state index contributed by atoms with van der Waals surface area (Å²) < 4.78 is 11.7. The van der Waals surface area contributed by atoms with Gasteiger partial charge < -0.3 is 20.3 Å². The number of rotatable bonds is 6.